The summed E-state index contributed by atoms with van der Waals surface area (Å²) in [6.07, 6.45) is 12.4. The summed E-state index contributed by atoms with van der Waals surface area (Å²) >= 11 is 0. The first-order chi connectivity index (χ1) is 21.2. The zero-order valence-electron chi connectivity index (χ0n) is 25.1. The Morgan fingerprint density at radius 2 is 0.837 bits per heavy atom. The van der Waals surface area contributed by atoms with E-state index >= 15 is 0 Å². The Balaban J connectivity index is 1.11. The molecule has 0 aliphatic rings. The molecule has 2 nitrogen and oxygen atoms in total. The summed E-state index contributed by atoms with van der Waals surface area (Å²) in [6.45, 7) is 6.60. The highest BCUT2D eigenvalue weighted by Gasteiger charge is 2.11. The number of aromatic nitrogens is 2. The molecule has 0 amide bonds. The van der Waals surface area contributed by atoms with Gasteiger partial charge in [0.15, 0.2) is 0 Å². The summed E-state index contributed by atoms with van der Waals surface area (Å²) in [5.41, 5.74) is 10.2. The normalized spacial score (nSPS) is 12.2. The summed E-state index contributed by atoms with van der Waals surface area (Å²) < 4.78 is 4.94. The van der Waals surface area contributed by atoms with Crippen LogP contribution >= 0.6 is 0 Å². The third kappa shape index (κ3) is 5.19. The summed E-state index contributed by atoms with van der Waals surface area (Å²) in [7, 11) is 0. The second-order valence-electron chi connectivity index (χ2n) is 11.6. The number of rotatable bonds is 9. The first kappa shape index (κ1) is 27.0. The van der Waals surface area contributed by atoms with Crippen molar-refractivity contribution in [3.8, 4) is 0 Å². The highest BCUT2D eigenvalue weighted by atomic mass is 15.0. The predicted molar refractivity (Wildman–Crippen MR) is 188 cm³/mol. The Morgan fingerprint density at radius 3 is 1.33 bits per heavy atom. The quantitative estimate of drug-likeness (QED) is 0.156. The zero-order chi connectivity index (χ0) is 29.2. The second-order valence-corrected chi connectivity index (χ2v) is 11.6. The standard InChI is InChI=1S/C41H38N2/c1-3-5-27-43-39-13-9-7-11-35(39)37-29-33(23-25-41(37)43)21-19-31-16-14-30(15-17-31)18-20-32-22-24-40-36(28-32)34-10-6-8-12-38(34)42(40)26-4-2/h6-25,28-29H,3-5,26-27H2,1-2H3/b20-18?,21-19+. The average molecular weight is 559 g/mol. The van der Waals surface area contributed by atoms with Crippen molar-refractivity contribution in [3.63, 3.8) is 0 Å². The molecule has 7 aromatic rings. The fraction of sp³-hybridized carbons (Fsp3) is 0.171. The molecule has 2 heterocycles. The summed E-state index contributed by atoms with van der Waals surface area (Å²) in [5, 5.41) is 5.34. The SMILES string of the molecule is CCCCn1c2ccccc2c2cc(/C=C/c3ccc(C=Cc4ccc5c(c4)c4ccccc4n5CCC)cc3)ccc21. The number of unbranched alkanes of at least 4 members (excludes halogenated alkanes) is 1. The smallest absolute Gasteiger partial charge is 0.0491 e. The van der Waals surface area contributed by atoms with Crippen LogP contribution in [0.1, 0.15) is 55.4 Å². The van der Waals surface area contributed by atoms with Crippen LogP contribution in [0.25, 0.3) is 67.9 Å². The van der Waals surface area contributed by atoms with E-state index in [4.69, 9.17) is 0 Å². The van der Waals surface area contributed by atoms with E-state index in [2.05, 4.69) is 156 Å². The second kappa shape index (κ2) is 11.8. The van der Waals surface area contributed by atoms with Gasteiger partial charge in [-0.05, 0) is 71.5 Å². The van der Waals surface area contributed by atoms with Crippen LogP contribution in [0.5, 0.6) is 0 Å². The van der Waals surface area contributed by atoms with Crippen molar-refractivity contribution in [1.82, 2.24) is 9.13 Å². The van der Waals surface area contributed by atoms with Crippen molar-refractivity contribution in [2.45, 2.75) is 46.2 Å². The average Bonchev–Trinajstić information content (AvgIpc) is 3.54. The van der Waals surface area contributed by atoms with Gasteiger partial charge in [0.2, 0.25) is 0 Å². The number of hydrogen-bond acceptors (Lipinski definition) is 0. The maximum absolute atomic E-state index is 2.48. The van der Waals surface area contributed by atoms with E-state index in [9.17, 15) is 0 Å². The largest absolute Gasteiger partial charge is 0.340 e. The van der Waals surface area contributed by atoms with Crippen molar-refractivity contribution in [3.05, 3.63) is 131 Å². The minimum atomic E-state index is 1.04. The van der Waals surface area contributed by atoms with Crippen molar-refractivity contribution in [1.29, 1.82) is 0 Å². The molecule has 0 bridgehead atoms. The fourth-order valence-electron chi connectivity index (χ4n) is 6.47. The van der Waals surface area contributed by atoms with Gasteiger partial charge in [0.1, 0.15) is 0 Å². The van der Waals surface area contributed by atoms with Gasteiger partial charge in [-0.25, -0.2) is 0 Å². The minimum absolute atomic E-state index is 1.04. The highest BCUT2D eigenvalue weighted by Crippen LogP contribution is 2.32. The number of nitrogens with zero attached hydrogens (tertiary/aromatic N) is 2. The van der Waals surface area contributed by atoms with Gasteiger partial charge in [-0.3, -0.25) is 0 Å². The summed E-state index contributed by atoms with van der Waals surface area (Å²) in [4.78, 5) is 0. The Kier molecular flexibility index (Phi) is 7.43. The molecule has 0 fully saturated rings. The molecule has 0 aliphatic carbocycles. The summed E-state index contributed by atoms with van der Waals surface area (Å²) in [6, 6.07) is 40.1. The highest BCUT2D eigenvalue weighted by molar-refractivity contribution is 6.09. The van der Waals surface area contributed by atoms with Crippen LogP contribution < -0.4 is 0 Å². The number of benzene rings is 5. The number of hydrogen-bond donors (Lipinski definition) is 0. The molecule has 5 aromatic carbocycles. The first-order valence-corrected chi connectivity index (χ1v) is 15.7. The van der Waals surface area contributed by atoms with Gasteiger partial charge in [0.05, 0.1) is 0 Å². The van der Waals surface area contributed by atoms with Crippen LogP contribution in [0, 0.1) is 0 Å². The Morgan fingerprint density at radius 1 is 0.419 bits per heavy atom. The molecule has 212 valence electrons. The molecule has 0 aliphatic heterocycles. The molecule has 0 spiro atoms. The van der Waals surface area contributed by atoms with Gasteiger partial charge in [-0.2, -0.15) is 0 Å². The molecule has 0 atom stereocenters. The Bertz CT molecular complexity index is 2120. The van der Waals surface area contributed by atoms with Crippen LogP contribution in [-0.4, -0.2) is 9.13 Å². The maximum atomic E-state index is 2.48. The van der Waals surface area contributed by atoms with E-state index in [-0.39, 0.29) is 0 Å². The van der Waals surface area contributed by atoms with E-state index in [0.29, 0.717) is 0 Å². The van der Waals surface area contributed by atoms with Crippen LogP contribution in [0.4, 0.5) is 0 Å². The lowest BCUT2D eigenvalue weighted by Gasteiger charge is -2.06. The van der Waals surface area contributed by atoms with Gasteiger partial charge in [0.25, 0.3) is 0 Å². The van der Waals surface area contributed by atoms with Crippen molar-refractivity contribution in [2.75, 3.05) is 0 Å². The first-order valence-electron chi connectivity index (χ1n) is 15.7. The number of aryl methyl sites for hydroxylation is 2. The van der Waals surface area contributed by atoms with Gasteiger partial charge in [0, 0.05) is 56.7 Å². The monoisotopic (exact) mass is 558 g/mol. The molecule has 0 saturated carbocycles. The Labute approximate surface area is 254 Å². The maximum Gasteiger partial charge on any atom is 0.0491 e. The molecular weight excluding hydrogens is 520 g/mol. The van der Waals surface area contributed by atoms with E-state index in [1.165, 1.54) is 78.7 Å². The lowest BCUT2D eigenvalue weighted by molar-refractivity contribution is 0.665. The molecule has 0 saturated heterocycles. The Hall–Kier alpha value is -4.82. The van der Waals surface area contributed by atoms with E-state index in [1.54, 1.807) is 0 Å². The van der Waals surface area contributed by atoms with E-state index in [1.807, 2.05) is 0 Å². The molecule has 0 radical (unpaired) electrons. The lowest BCUT2D eigenvalue weighted by Crippen LogP contribution is -1.96. The van der Waals surface area contributed by atoms with Crippen LogP contribution in [0.2, 0.25) is 0 Å². The molecule has 0 unspecified atom stereocenters. The fourth-order valence-corrected chi connectivity index (χ4v) is 6.47. The van der Waals surface area contributed by atoms with Gasteiger partial charge in [-0.1, -0.05) is 117 Å². The van der Waals surface area contributed by atoms with Crippen molar-refractivity contribution >= 4 is 67.9 Å². The number of fused-ring (bicyclic) bond motifs is 6. The van der Waals surface area contributed by atoms with Crippen molar-refractivity contribution < 1.29 is 0 Å². The van der Waals surface area contributed by atoms with Crippen LogP contribution in [-0.2, 0) is 13.1 Å². The van der Waals surface area contributed by atoms with E-state index < -0.39 is 0 Å². The lowest BCUT2D eigenvalue weighted by atomic mass is 10.1. The van der Waals surface area contributed by atoms with Crippen molar-refractivity contribution in [2.24, 2.45) is 0 Å². The predicted octanol–water partition coefficient (Wildman–Crippen LogP) is 11.5. The molecule has 7 rings (SSSR count). The topological polar surface area (TPSA) is 9.86 Å². The third-order valence-electron chi connectivity index (χ3n) is 8.65. The molecule has 2 heteroatoms. The van der Waals surface area contributed by atoms with E-state index in [0.717, 1.165) is 19.5 Å². The molecule has 0 N–H and O–H groups in total. The molecule has 43 heavy (non-hydrogen) atoms. The number of para-hydroxylation sites is 2. The molecular formula is C41H38N2. The van der Waals surface area contributed by atoms with Crippen LogP contribution in [0.3, 0.4) is 0 Å². The van der Waals surface area contributed by atoms with Gasteiger partial charge >= 0.3 is 0 Å². The third-order valence-corrected chi connectivity index (χ3v) is 8.65. The zero-order valence-corrected chi connectivity index (χ0v) is 25.1. The van der Waals surface area contributed by atoms with Gasteiger partial charge in [-0.15, -0.1) is 0 Å². The van der Waals surface area contributed by atoms with Gasteiger partial charge < -0.3 is 9.13 Å². The summed E-state index contributed by atoms with van der Waals surface area (Å²) in [5.74, 6) is 0. The minimum Gasteiger partial charge on any atom is -0.340 e. The molecule has 2 aromatic heterocycles. The van der Waals surface area contributed by atoms with Crippen LogP contribution in [0.15, 0.2) is 109 Å².